The first-order chi connectivity index (χ1) is 23.6. The summed E-state index contributed by atoms with van der Waals surface area (Å²) in [5, 5.41) is 23.9. The van der Waals surface area contributed by atoms with Crippen LogP contribution in [0.3, 0.4) is 0 Å². The number of aliphatic carboxylic acids is 1. The van der Waals surface area contributed by atoms with Gasteiger partial charge in [-0.15, -0.1) is 0 Å². The van der Waals surface area contributed by atoms with Gasteiger partial charge >= 0.3 is 5.97 Å². The van der Waals surface area contributed by atoms with E-state index in [4.69, 9.17) is 10.1 Å². The van der Waals surface area contributed by atoms with Gasteiger partial charge in [0.1, 0.15) is 6.04 Å². The summed E-state index contributed by atoms with van der Waals surface area (Å²) in [5.74, 6) is -4.03. The van der Waals surface area contributed by atoms with Crippen LogP contribution in [0.4, 0.5) is 14.5 Å². The molecule has 0 aromatic heterocycles. The number of rotatable bonds is 13. The smallest absolute Gasteiger partial charge is 0.321 e. The minimum absolute atomic E-state index is 0.0568. The van der Waals surface area contributed by atoms with Crippen molar-refractivity contribution >= 4 is 40.2 Å². The monoisotopic (exact) mass is 668 g/mol. The number of halogens is 2. The number of fused-ring (bicyclic) bond motifs is 1. The standard InChI is InChI=1S/C38H38F2N4O5/c1-22-18-25(44-30-11-5-4-10-28-29(21-43-37(28)30)27-15-16-34(49-2)36(40)35(27)39)13-14-26(22)33(46)20-24(41)9-3-6-12-32(45)23-8-7-17-42-31(19-23)38(47)48/h4,6,8,10-16,18,21,28,31,41-42,44H,3,5,7,9,17,19-20H2,1-2H3,(H,47,48)/b12-6+,41-24?/t28?,31-/m0/s1. The molecule has 0 saturated carbocycles. The molecule has 1 aliphatic carbocycles. The van der Waals surface area contributed by atoms with E-state index in [1.165, 1.54) is 25.3 Å². The minimum atomic E-state index is -1.05. The predicted octanol–water partition coefficient (Wildman–Crippen LogP) is 6.91. The second-order valence-corrected chi connectivity index (χ2v) is 12.0. The number of carboxylic acids is 1. The predicted molar refractivity (Wildman–Crippen MR) is 185 cm³/mol. The zero-order valence-electron chi connectivity index (χ0n) is 27.3. The van der Waals surface area contributed by atoms with E-state index >= 15 is 0 Å². The van der Waals surface area contributed by atoms with Crippen molar-refractivity contribution in [3.05, 3.63) is 113 Å². The Morgan fingerprint density at radius 1 is 1.16 bits per heavy atom. The molecule has 49 heavy (non-hydrogen) atoms. The van der Waals surface area contributed by atoms with Crippen molar-refractivity contribution in [1.82, 2.24) is 5.32 Å². The van der Waals surface area contributed by atoms with Gasteiger partial charge in [0, 0.05) is 47.5 Å². The normalized spacial score (nSPS) is 18.8. The molecule has 2 atom stereocenters. The molecule has 254 valence electrons. The van der Waals surface area contributed by atoms with Crippen LogP contribution < -0.4 is 15.4 Å². The Morgan fingerprint density at radius 2 is 1.98 bits per heavy atom. The molecule has 2 heterocycles. The number of nitrogens with zero attached hydrogens (tertiary/aromatic N) is 1. The minimum Gasteiger partial charge on any atom is -0.494 e. The molecule has 0 radical (unpaired) electrons. The first-order valence-electron chi connectivity index (χ1n) is 16.1. The molecule has 4 N–H and O–H groups in total. The van der Waals surface area contributed by atoms with Crippen LogP contribution in [-0.2, 0) is 9.59 Å². The number of allylic oxidation sites excluding steroid dienone is 7. The van der Waals surface area contributed by atoms with Gasteiger partial charge in [-0.1, -0.05) is 30.4 Å². The molecular weight excluding hydrogens is 630 g/mol. The zero-order valence-corrected chi connectivity index (χ0v) is 27.3. The highest BCUT2D eigenvalue weighted by atomic mass is 19.2. The van der Waals surface area contributed by atoms with Crippen LogP contribution in [0.25, 0.3) is 5.57 Å². The second kappa shape index (κ2) is 15.7. The molecule has 9 nitrogen and oxygen atoms in total. The zero-order chi connectivity index (χ0) is 35.1. The highest BCUT2D eigenvalue weighted by molar-refractivity contribution is 6.14. The lowest BCUT2D eigenvalue weighted by Crippen LogP contribution is -2.36. The third-order valence-corrected chi connectivity index (χ3v) is 8.64. The van der Waals surface area contributed by atoms with Crippen LogP contribution in [0.2, 0.25) is 0 Å². The molecule has 2 aliphatic heterocycles. The van der Waals surface area contributed by atoms with Crippen LogP contribution in [-0.4, -0.2) is 53.8 Å². The van der Waals surface area contributed by atoms with Gasteiger partial charge in [-0.25, -0.2) is 4.39 Å². The van der Waals surface area contributed by atoms with E-state index in [2.05, 4.69) is 15.6 Å². The number of nitrogens with one attached hydrogen (secondary N) is 3. The van der Waals surface area contributed by atoms with Gasteiger partial charge < -0.3 is 25.9 Å². The van der Waals surface area contributed by atoms with Crippen molar-refractivity contribution in [1.29, 1.82) is 5.41 Å². The quantitative estimate of drug-likeness (QED) is 0.0787. The first kappa shape index (κ1) is 35.0. The third kappa shape index (κ3) is 8.24. The van der Waals surface area contributed by atoms with Gasteiger partial charge in [-0.05, 0) is 92.3 Å². The summed E-state index contributed by atoms with van der Waals surface area (Å²) in [6, 6.07) is 7.42. The Balaban J connectivity index is 1.15. The number of anilines is 1. The summed E-state index contributed by atoms with van der Waals surface area (Å²) in [5.41, 5.74) is 4.67. The van der Waals surface area contributed by atoms with Crippen LogP contribution in [0.15, 0.2) is 89.3 Å². The Hall–Kier alpha value is -5.29. The van der Waals surface area contributed by atoms with Gasteiger partial charge in [0.25, 0.3) is 0 Å². The number of Topliss-reactive ketones (excluding diaryl/α,β-unsaturated/α-hetero) is 1. The lowest BCUT2D eigenvalue weighted by atomic mass is 9.89. The molecule has 0 fully saturated rings. The van der Waals surface area contributed by atoms with E-state index in [-0.39, 0.29) is 47.4 Å². The summed E-state index contributed by atoms with van der Waals surface area (Å²) in [6.07, 6.45) is 14.2. The average Bonchev–Trinajstić information content (AvgIpc) is 3.21. The third-order valence-electron chi connectivity index (χ3n) is 8.64. The molecule has 1 unspecified atom stereocenters. The largest absolute Gasteiger partial charge is 0.494 e. The lowest BCUT2D eigenvalue weighted by molar-refractivity contribution is -0.139. The number of carbonyl (C=O) groups excluding carboxylic acids is 2. The van der Waals surface area contributed by atoms with Gasteiger partial charge in [-0.2, -0.15) is 4.39 Å². The first-order valence-corrected chi connectivity index (χ1v) is 16.1. The number of aryl methyl sites for hydroxylation is 1. The fraction of sp³-hybridized carbons (Fsp3) is 0.289. The van der Waals surface area contributed by atoms with E-state index in [1.54, 1.807) is 30.5 Å². The number of ether oxygens (including phenoxy) is 1. The molecular formula is C38H38F2N4O5. The summed E-state index contributed by atoms with van der Waals surface area (Å²) >= 11 is 0. The number of hydrogen-bond acceptors (Lipinski definition) is 8. The summed E-state index contributed by atoms with van der Waals surface area (Å²) in [6.45, 7) is 2.31. The highest BCUT2D eigenvalue weighted by Crippen LogP contribution is 2.38. The number of carboxylic acid groups (broad SMARTS) is 1. The van der Waals surface area contributed by atoms with Crippen LogP contribution >= 0.6 is 0 Å². The molecule has 2 aromatic rings. The molecule has 0 spiro atoms. The molecule has 0 bridgehead atoms. The van der Waals surface area contributed by atoms with Gasteiger partial charge in [0.05, 0.1) is 18.5 Å². The van der Waals surface area contributed by atoms with Crippen LogP contribution in [0.1, 0.15) is 60.0 Å². The SMILES string of the molecule is COc1ccc(C2=CN=C3C(Nc4ccc(C(=O)CC(=N)CC/C=C/C(=O)C5=CCCN[C@H](C(=O)O)C5)c(C)c4)=CCC=CC23)c(F)c1F. The Kier molecular flexibility index (Phi) is 11.3. The molecule has 11 heteroatoms. The van der Waals surface area contributed by atoms with E-state index in [0.29, 0.717) is 54.6 Å². The van der Waals surface area contributed by atoms with Crippen molar-refractivity contribution in [3.63, 3.8) is 0 Å². The Labute approximate surface area is 283 Å². The van der Waals surface area contributed by atoms with E-state index in [1.807, 2.05) is 31.2 Å². The maximum Gasteiger partial charge on any atom is 0.321 e. The number of aliphatic imine (C=N–C) groups is 1. The van der Waals surface area contributed by atoms with Crippen molar-refractivity contribution in [3.8, 4) is 5.75 Å². The summed E-state index contributed by atoms with van der Waals surface area (Å²) in [7, 11) is 1.28. The number of benzene rings is 2. The number of methoxy groups -OCH3 is 1. The Morgan fingerprint density at radius 3 is 2.73 bits per heavy atom. The van der Waals surface area contributed by atoms with Crippen molar-refractivity contribution < 1.29 is 33.0 Å². The maximum atomic E-state index is 15.0. The molecule has 3 aliphatic rings. The summed E-state index contributed by atoms with van der Waals surface area (Å²) in [4.78, 5) is 41.6. The molecule has 0 amide bonds. The molecule has 2 aromatic carbocycles. The van der Waals surface area contributed by atoms with Crippen molar-refractivity contribution in [2.45, 2.75) is 51.5 Å². The number of hydrogen-bond donors (Lipinski definition) is 4. The fourth-order valence-electron chi connectivity index (χ4n) is 6.05. The highest BCUT2D eigenvalue weighted by Gasteiger charge is 2.31. The van der Waals surface area contributed by atoms with Gasteiger partial charge in [0.15, 0.2) is 23.1 Å². The Bertz CT molecular complexity index is 1870. The van der Waals surface area contributed by atoms with Gasteiger partial charge in [-0.3, -0.25) is 19.4 Å². The van der Waals surface area contributed by atoms with Gasteiger partial charge in [0.2, 0.25) is 5.82 Å². The topological polar surface area (TPSA) is 141 Å². The number of ketones is 2. The van der Waals surface area contributed by atoms with Crippen molar-refractivity contribution in [2.24, 2.45) is 10.9 Å². The van der Waals surface area contributed by atoms with Crippen molar-refractivity contribution in [2.75, 3.05) is 19.0 Å². The number of carbonyl (C=O) groups is 3. The average molecular weight is 669 g/mol. The van der Waals surface area contributed by atoms with Crippen LogP contribution in [0, 0.1) is 29.9 Å². The molecule has 5 rings (SSSR count). The van der Waals surface area contributed by atoms with Crippen LogP contribution in [0.5, 0.6) is 5.75 Å². The lowest BCUT2D eigenvalue weighted by Gasteiger charge is -2.18. The van der Waals surface area contributed by atoms with E-state index < -0.39 is 23.6 Å². The van der Waals surface area contributed by atoms with E-state index in [9.17, 15) is 28.3 Å². The maximum absolute atomic E-state index is 15.0. The van der Waals surface area contributed by atoms with E-state index in [0.717, 1.165) is 16.9 Å². The summed E-state index contributed by atoms with van der Waals surface area (Å²) < 4.78 is 34.4. The fourth-order valence-corrected chi connectivity index (χ4v) is 6.05. The molecule has 0 saturated heterocycles. The second-order valence-electron chi connectivity index (χ2n) is 12.0.